The standard InChI is InChI=1S/C16H23NO/c1-9(2)13-8-18-16(17-13)15-12-6-5-11(7-12)14(15)10(3)4/h5-6,8-12,14-15H,7H2,1-4H3. The zero-order valence-electron chi connectivity index (χ0n) is 11.8. The molecule has 0 aliphatic heterocycles. The van der Waals surface area contributed by atoms with Gasteiger partial charge in [0.25, 0.3) is 0 Å². The molecule has 2 aliphatic carbocycles. The molecule has 2 nitrogen and oxygen atoms in total. The Kier molecular flexibility index (Phi) is 2.84. The van der Waals surface area contributed by atoms with Gasteiger partial charge in [0.2, 0.25) is 0 Å². The van der Waals surface area contributed by atoms with Crippen LogP contribution in [0.4, 0.5) is 0 Å². The molecule has 4 unspecified atom stereocenters. The summed E-state index contributed by atoms with van der Waals surface area (Å²) in [6.45, 7) is 9.00. The predicted octanol–water partition coefficient (Wildman–Crippen LogP) is 4.36. The highest BCUT2D eigenvalue weighted by Crippen LogP contribution is 2.55. The first-order valence-corrected chi connectivity index (χ1v) is 7.21. The van der Waals surface area contributed by atoms with Crippen molar-refractivity contribution in [2.75, 3.05) is 0 Å². The molecule has 2 bridgehead atoms. The average Bonchev–Trinajstić information content (AvgIpc) is 3.02. The molecular formula is C16H23NO. The van der Waals surface area contributed by atoms with Gasteiger partial charge in [0.05, 0.1) is 5.69 Å². The normalized spacial score (nSPS) is 34.1. The van der Waals surface area contributed by atoms with Crippen molar-refractivity contribution in [1.82, 2.24) is 4.98 Å². The third-order valence-corrected chi connectivity index (χ3v) is 4.71. The van der Waals surface area contributed by atoms with E-state index in [0.717, 1.165) is 17.5 Å². The van der Waals surface area contributed by atoms with Crippen LogP contribution in [0, 0.1) is 23.7 Å². The van der Waals surface area contributed by atoms with Crippen LogP contribution < -0.4 is 0 Å². The van der Waals surface area contributed by atoms with E-state index in [1.54, 1.807) is 0 Å². The van der Waals surface area contributed by atoms with Crippen LogP contribution in [-0.2, 0) is 0 Å². The second kappa shape index (κ2) is 4.25. The lowest BCUT2D eigenvalue weighted by Crippen LogP contribution is -2.23. The van der Waals surface area contributed by atoms with Crippen molar-refractivity contribution < 1.29 is 4.42 Å². The molecule has 0 spiro atoms. The molecule has 0 radical (unpaired) electrons. The van der Waals surface area contributed by atoms with Crippen molar-refractivity contribution in [2.45, 2.75) is 46.0 Å². The maximum atomic E-state index is 5.80. The van der Waals surface area contributed by atoms with E-state index in [2.05, 4.69) is 39.8 Å². The second-order valence-corrected chi connectivity index (χ2v) is 6.56. The van der Waals surface area contributed by atoms with Crippen molar-refractivity contribution in [1.29, 1.82) is 0 Å². The summed E-state index contributed by atoms with van der Waals surface area (Å²) < 4.78 is 5.80. The van der Waals surface area contributed by atoms with Crippen molar-refractivity contribution in [2.24, 2.45) is 23.7 Å². The van der Waals surface area contributed by atoms with Gasteiger partial charge in [-0.05, 0) is 36.0 Å². The van der Waals surface area contributed by atoms with Gasteiger partial charge in [0, 0.05) is 5.92 Å². The third-order valence-electron chi connectivity index (χ3n) is 4.71. The summed E-state index contributed by atoms with van der Waals surface area (Å²) in [5.74, 6) is 4.74. The zero-order valence-corrected chi connectivity index (χ0v) is 11.8. The van der Waals surface area contributed by atoms with Crippen LogP contribution in [0.1, 0.15) is 57.5 Å². The number of hydrogen-bond donors (Lipinski definition) is 0. The van der Waals surface area contributed by atoms with Crippen LogP contribution in [-0.4, -0.2) is 4.98 Å². The van der Waals surface area contributed by atoms with Gasteiger partial charge in [-0.1, -0.05) is 39.8 Å². The lowest BCUT2D eigenvalue weighted by Gasteiger charge is -2.28. The number of oxazole rings is 1. The topological polar surface area (TPSA) is 26.0 Å². The number of fused-ring (bicyclic) bond motifs is 2. The first kappa shape index (κ1) is 12.0. The minimum Gasteiger partial charge on any atom is -0.448 e. The molecule has 4 atom stereocenters. The second-order valence-electron chi connectivity index (χ2n) is 6.56. The Balaban J connectivity index is 1.92. The van der Waals surface area contributed by atoms with Gasteiger partial charge < -0.3 is 4.42 Å². The molecule has 0 N–H and O–H groups in total. The van der Waals surface area contributed by atoms with E-state index in [1.807, 2.05) is 6.26 Å². The molecule has 0 saturated heterocycles. The summed E-state index contributed by atoms with van der Waals surface area (Å²) in [6, 6.07) is 0. The first-order chi connectivity index (χ1) is 8.58. The molecule has 1 aromatic rings. The minimum atomic E-state index is 0.453. The molecule has 3 rings (SSSR count). The van der Waals surface area contributed by atoms with Crippen LogP contribution in [0.25, 0.3) is 0 Å². The lowest BCUT2D eigenvalue weighted by molar-refractivity contribution is 0.260. The molecule has 18 heavy (non-hydrogen) atoms. The highest BCUT2D eigenvalue weighted by atomic mass is 16.3. The SMILES string of the molecule is CC(C)c1coc(C2C3C=CC(C3)C2C(C)C)n1. The molecule has 1 aromatic heterocycles. The lowest BCUT2D eigenvalue weighted by atomic mass is 9.76. The fraction of sp³-hybridized carbons (Fsp3) is 0.688. The van der Waals surface area contributed by atoms with Gasteiger partial charge in [-0.25, -0.2) is 4.98 Å². The van der Waals surface area contributed by atoms with Crippen molar-refractivity contribution in [3.05, 3.63) is 30.0 Å². The largest absolute Gasteiger partial charge is 0.448 e. The first-order valence-electron chi connectivity index (χ1n) is 7.21. The predicted molar refractivity (Wildman–Crippen MR) is 72.4 cm³/mol. The minimum absolute atomic E-state index is 0.453. The quantitative estimate of drug-likeness (QED) is 0.739. The van der Waals surface area contributed by atoms with E-state index >= 15 is 0 Å². The van der Waals surface area contributed by atoms with Crippen LogP contribution in [0.15, 0.2) is 22.8 Å². The number of hydrogen-bond acceptors (Lipinski definition) is 2. The number of allylic oxidation sites excluding steroid dienone is 2. The molecule has 1 saturated carbocycles. The Bertz CT molecular complexity index is 457. The van der Waals surface area contributed by atoms with E-state index in [1.165, 1.54) is 6.42 Å². The summed E-state index contributed by atoms with van der Waals surface area (Å²) in [7, 11) is 0. The Morgan fingerprint density at radius 3 is 2.50 bits per heavy atom. The average molecular weight is 245 g/mol. The smallest absolute Gasteiger partial charge is 0.198 e. The maximum absolute atomic E-state index is 5.80. The summed E-state index contributed by atoms with van der Waals surface area (Å²) >= 11 is 0. The van der Waals surface area contributed by atoms with Crippen molar-refractivity contribution in [3.8, 4) is 0 Å². The maximum Gasteiger partial charge on any atom is 0.198 e. The van der Waals surface area contributed by atoms with Crippen LogP contribution >= 0.6 is 0 Å². The molecule has 2 heteroatoms. The fourth-order valence-electron chi connectivity index (χ4n) is 3.84. The number of rotatable bonds is 3. The molecule has 0 aromatic carbocycles. The summed E-state index contributed by atoms with van der Waals surface area (Å²) in [6.07, 6.45) is 7.95. The Labute approximate surface area is 109 Å². The summed E-state index contributed by atoms with van der Waals surface area (Å²) in [5.41, 5.74) is 1.10. The van der Waals surface area contributed by atoms with Crippen LogP contribution in [0.2, 0.25) is 0 Å². The third kappa shape index (κ3) is 1.73. The zero-order chi connectivity index (χ0) is 12.9. The monoisotopic (exact) mass is 245 g/mol. The van der Waals surface area contributed by atoms with Gasteiger partial charge in [0.1, 0.15) is 6.26 Å². The molecule has 98 valence electrons. The van der Waals surface area contributed by atoms with Gasteiger partial charge in [-0.2, -0.15) is 0 Å². The summed E-state index contributed by atoms with van der Waals surface area (Å²) in [4.78, 5) is 4.74. The van der Waals surface area contributed by atoms with Crippen LogP contribution in [0.3, 0.4) is 0 Å². The summed E-state index contributed by atoms with van der Waals surface area (Å²) in [5, 5.41) is 0. The highest BCUT2D eigenvalue weighted by molar-refractivity contribution is 5.22. The Hall–Kier alpha value is -1.05. The van der Waals surface area contributed by atoms with E-state index in [4.69, 9.17) is 9.40 Å². The Morgan fingerprint density at radius 1 is 1.17 bits per heavy atom. The number of nitrogens with zero attached hydrogens (tertiary/aromatic N) is 1. The van der Waals surface area contributed by atoms with Crippen LogP contribution in [0.5, 0.6) is 0 Å². The van der Waals surface area contributed by atoms with Gasteiger partial charge in [-0.15, -0.1) is 0 Å². The van der Waals surface area contributed by atoms with Crippen molar-refractivity contribution in [3.63, 3.8) is 0 Å². The van der Waals surface area contributed by atoms with Gasteiger partial charge >= 0.3 is 0 Å². The molecule has 0 amide bonds. The Morgan fingerprint density at radius 2 is 1.89 bits per heavy atom. The van der Waals surface area contributed by atoms with Gasteiger partial charge in [-0.3, -0.25) is 0 Å². The van der Waals surface area contributed by atoms with E-state index < -0.39 is 0 Å². The van der Waals surface area contributed by atoms with E-state index in [-0.39, 0.29) is 0 Å². The van der Waals surface area contributed by atoms with Gasteiger partial charge in [0.15, 0.2) is 5.89 Å². The fourth-order valence-corrected chi connectivity index (χ4v) is 3.84. The molecule has 1 fully saturated rings. The highest BCUT2D eigenvalue weighted by Gasteiger charge is 2.48. The van der Waals surface area contributed by atoms with E-state index in [0.29, 0.717) is 29.6 Å². The molecular weight excluding hydrogens is 222 g/mol. The molecule has 2 aliphatic rings. The van der Waals surface area contributed by atoms with E-state index in [9.17, 15) is 0 Å². The number of aromatic nitrogens is 1. The molecule has 1 heterocycles. The van der Waals surface area contributed by atoms with Crippen molar-refractivity contribution >= 4 is 0 Å².